The lowest BCUT2D eigenvalue weighted by atomic mass is 10.0. The Morgan fingerprint density at radius 1 is 1.55 bits per heavy atom. The molecule has 20 heavy (non-hydrogen) atoms. The highest BCUT2D eigenvalue weighted by Crippen LogP contribution is 2.28. The molecule has 1 aromatic carbocycles. The fourth-order valence-corrected chi connectivity index (χ4v) is 2.69. The first-order valence-electron chi connectivity index (χ1n) is 7.01. The summed E-state index contributed by atoms with van der Waals surface area (Å²) < 4.78 is 5.79. The molecule has 2 rings (SSSR count). The van der Waals surface area contributed by atoms with Crippen LogP contribution in [-0.4, -0.2) is 36.9 Å². The van der Waals surface area contributed by atoms with E-state index in [1.54, 1.807) is 18.2 Å². The number of anilines is 1. The van der Waals surface area contributed by atoms with Crippen LogP contribution in [0.15, 0.2) is 18.2 Å². The van der Waals surface area contributed by atoms with Crippen LogP contribution in [0.3, 0.4) is 0 Å². The van der Waals surface area contributed by atoms with Gasteiger partial charge in [-0.2, -0.15) is 0 Å². The third-order valence-corrected chi connectivity index (χ3v) is 3.70. The van der Waals surface area contributed by atoms with Crippen molar-refractivity contribution in [2.24, 2.45) is 0 Å². The van der Waals surface area contributed by atoms with Crippen LogP contribution in [0.5, 0.6) is 0 Å². The largest absolute Gasteiger partial charge is 0.478 e. The molecule has 1 heterocycles. The minimum Gasteiger partial charge on any atom is -0.478 e. The second kappa shape index (κ2) is 6.95. The van der Waals surface area contributed by atoms with Gasteiger partial charge in [0, 0.05) is 24.7 Å². The van der Waals surface area contributed by atoms with E-state index in [4.69, 9.17) is 16.3 Å². The van der Waals surface area contributed by atoms with E-state index in [9.17, 15) is 9.90 Å². The van der Waals surface area contributed by atoms with E-state index >= 15 is 0 Å². The van der Waals surface area contributed by atoms with Gasteiger partial charge in [0.1, 0.15) is 0 Å². The molecule has 4 nitrogen and oxygen atoms in total. The van der Waals surface area contributed by atoms with Crippen molar-refractivity contribution < 1.29 is 14.6 Å². The molecular weight excluding hydrogens is 278 g/mol. The summed E-state index contributed by atoms with van der Waals surface area (Å²) in [5.41, 5.74) is 0.986. The predicted molar refractivity (Wildman–Crippen MR) is 79.9 cm³/mol. The molecule has 1 aliphatic rings. The maximum atomic E-state index is 11.3. The number of ether oxygens (including phenoxy) is 1. The highest BCUT2D eigenvalue weighted by atomic mass is 35.5. The van der Waals surface area contributed by atoms with Gasteiger partial charge >= 0.3 is 5.97 Å². The van der Waals surface area contributed by atoms with Crippen molar-refractivity contribution in [2.75, 3.05) is 24.6 Å². The Hall–Kier alpha value is -1.26. The Balaban J connectivity index is 2.17. The predicted octanol–water partition coefficient (Wildman–Crippen LogP) is 3.43. The highest BCUT2D eigenvalue weighted by Gasteiger charge is 2.24. The standard InChI is InChI=1S/C15H20ClNO3/c1-2-8-20-12-4-3-7-17(10-12)14-9-11(16)5-6-13(14)15(18)19/h5-6,9,12H,2-4,7-8,10H2,1H3,(H,18,19). The third kappa shape index (κ3) is 3.64. The number of rotatable bonds is 5. The monoisotopic (exact) mass is 297 g/mol. The second-order valence-corrected chi connectivity index (χ2v) is 5.48. The van der Waals surface area contributed by atoms with Crippen LogP contribution in [0, 0.1) is 0 Å². The third-order valence-electron chi connectivity index (χ3n) is 3.47. The zero-order valence-corrected chi connectivity index (χ0v) is 12.4. The summed E-state index contributed by atoms with van der Waals surface area (Å²) in [4.78, 5) is 13.4. The number of carboxylic acids is 1. The van der Waals surface area contributed by atoms with E-state index in [1.165, 1.54) is 0 Å². The molecule has 5 heteroatoms. The number of hydrogen-bond donors (Lipinski definition) is 1. The van der Waals surface area contributed by atoms with Gasteiger partial charge in [-0.25, -0.2) is 4.79 Å². The summed E-state index contributed by atoms with van der Waals surface area (Å²) in [7, 11) is 0. The van der Waals surface area contributed by atoms with Crippen molar-refractivity contribution >= 4 is 23.3 Å². The number of carboxylic acid groups (broad SMARTS) is 1. The van der Waals surface area contributed by atoms with Gasteiger partial charge in [-0.05, 0) is 37.5 Å². The van der Waals surface area contributed by atoms with Crippen LogP contribution in [-0.2, 0) is 4.74 Å². The van der Waals surface area contributed by atoms with Gasteiger partial charge in [-0.3, -0.25) is 0 Å². The first kappa shape index (κ1) is 15.1. The SMILES string of the molecule is CCCOC1CCCN(c2cc(Cl)ccc2C(=O)O)C1. The van der Waals surface area contributed by atoms with Gasteiger partial charge in [-0.15, -0.1) is 0 Å². The Kier molecular flexibility index (Phi) is 5.26. The van der Waals surface area contributed by atoms with E-state index in [0.717, 1.165) is 39.0 Å². The van der Waals surface area contributed by atoms with Crippen molar-refractivity contribution in [3.8, 4) is 0 Å². The van der Waals surface area contributed by atoms with Crippen LogP contribution >= 0.6 is 11.6 Å². The number of nitrogens with zero attached hydrogens (tertiary/aromatic N) is 1. The Bertz CT molecular complexity index is 478. The molecule has 1 fully saturated rings. The van der Waals surface area contributed by atoms with Gasteiger partial charge in [0.05, 0.1) is 17.4 Å². The number of benzene rings is 1. The molecule has 0 aliphatic carbocycles. The molecule has 0 amide bonds. The number of halogens is 1. The fourth-order valence-electron chi connectivity index (χ4n) is 2.52. The minimum atomic E-state index is -0.923. The van der Waals surface area contributed by atoms with Gasteiger partial charge in [-0.1, -0.05) is 18.5 Å². The second-order valence-electron chi connectivity index (χ2n) is 5.05. The minimum absolute atomic E-state index is 0.171. The van der Waals surface area contributed by atoms with Crippen molar-refractivity contribution in [1.82, 2.24) is 0 Å². The Morgan fingerprint density at radius 3 is 3.05 bits per heavy atom. The summed E-state index contributed by atoms with van der Waals surface area (Å²) in [5.74, 6) is -0.923. The van der Waals surface area contributed by atoms with Crippen molar-refractivity contribution in [1.29, 1.82) is 0 Å². The first-order valence-corrected chi connectivity index (χ1v) is 7.39. The van der Waals surface area contributed by atoms with Crippen LogP contribution in [0.25, 0.3) is 0 Å². The molecule has 0 bridgehead atoms. The summed E-state index contributed by atoms with van der Waals surface area (Å²) in [6.45, 7) is 4.40. The van der Waals surface area contributed by atoms with Gasteiger partial charge in [0.2, 0.25) is 0 Å². The molecule has 1 saturated heterocycles. The van der Waals surface area contributed by atoms with Crippen LogP contribution in [0.1, 0.15) is 36.5 Å². The van der Waals surface area contributed by atoms with Crippen LogP contribution in [0.2, 0.25) is 5.02 Å². The molecule has 0 spiro atoms. The average Bonchev–Trinajstić information content (AvgIpc) is 2.45. The lowest BCUT2D eigenvalue weighted by Gasteiger charge is -2.35. The van der Waals surface area contributed by atoms with Crippen molar-refractivity contribution in [3.63, 3.8) is 0 Å². The van der Waals surface area contributed by atoms with Gasteiger partial charge in [0.25, 0.3) is 0 Å². The maximum absolute atomic E-state index is 11.3. The van der Waals surface area contributed by atoms with E-state index in [-0.39, 0.29) is 6.10 Å². The van der Waals surface area contributed by atoms with Crippen LogP contribution < -0.4 is 4.90 Å². The van der Waals surface area contributed by atoms with Crippen molar-refractivity contribution in [2.45, 2.75) is 32.3 Å². The average molecular weight is 298 g/mol. The summed E-state index contributed by atoms with van der Waals surface area (Å²) in [6.07, 6.45) is 3.19. The quantitative estimate of drug-likeness (QED) is 0.904. The lowest BCUT2D eigenvalue weighted by molar-refractivity contribution is 0.0439. The summed E-state index contributed by atoms with van der Waals surface area (Å²) >= 11 is 6.01. The molecule has 1 unspecified atom stereocenters. The smallest absolute Gasteiger partial charge is 0.337 e. The number of aromatic carboxylic acids is 1. The van der Waals surface area contributed by atoms with E-state index in [2.05, 4.69) is 11.8 Å². The highest BCUT2D eigenvalue weighted by molar-refractivity contribution is 6.31. The molecule has 110 valence electrons. The van der Waals surface area contributed by atoms with Crippen molar-refractivity contribution in [3.05, 3.63) is 28.8 Å². The topological polar surface area (TPSA) is 49.8 Å². The molecule has 0 saturated carbocycles. The normalized spacial score (nSPS) is 19.1. The fraction of sp³-hybridized carbons (Fsp3) is 0.533. The van der Waals surface area contributed by atoms with Crippen LogP contribution in [0.4, 0.5) is 5.69 Å². The number of carbonyl (C=O) groups is 1. The number of piperidine rings is 1. The maximum Gasteiger partial charge on any atom is 0.337 e. The number of hydrogen-bond acceptors (Lipinski definition) is 3. The zero-order valence-electron chi connectivity index (χ0n) is 11.6. The molecule has 0 aromatic heterocycles. The Morgan fingerprint density at radius 2 is 2.35 bits per heavy atom. The molecule has 1 N–H and O–H groups in total. The molecule has 0 radical (unpaired) electrons. The molecule has 1 aromatic rings. The van der Waals surface area contributed by atoms with E-state index < -0.39 is 5.97 Å². The summed E-state index contributed by atoms with van der Waals surface area (Å²) in [5, 5.41) is 9.85. The molecule has 1 atom stereocenters. The van der Waals surface area contributed by atoms with E-state index in [0.29, 0.717) is 16.3 Å². The van der Waals surface area contributed by atoms with Gasteiger partial charge in [0.15, 0.2) is 0 Å². The van der Waals surface area contributed by atoms with E-state index in [1.807, 2.05) is 0 Å². The van der Waals surface area contributed by atoms with Gasteiger partial charge < -0.3 is 14.7 Å². The lowest BCUT2D eigenvalue weighted by Crippen LogP contribution is -2.40. The first-order chi connectivity index (χ1) is 9.61. The summed E-state index contributed by atoms with van der Waals surface area (Å²) in [6, 6.07) is 4.91. The Labute approximate surface area is 124 Å². The molecular formula is C15H20ClNO3. The molecule has 1 aliphatic heterocycles. The zero-order chi connectivity index (χ0) is 14.5.